The normalized spacial score (nSPS) is 15.1. The molecule has 1 aliphatic heterocycles. The van der Waals surface area contributed by atoms with Crippen molar-refractivity contribution in [3.8, 4) is 0 Å². The Bertz CT molecular complexity index is 965. The number of nitrogens with one attached hydrogen (secondary N) is 1. The van der Waals surface area contributed by atoms with Crippen molar-refractivity contribution in [2.24, 2.45) is 0 Å². The average molecular weight is 347 g/mol. The van der Waals surface area contributed by atoms with E-state index in [0.29, 0.717) is 34.6 Å². The molecular weight excluding hydrogens is 330 g/mol. The molecule has 4 rings (SSSR count). The van der Waals surface area contributed by atoms with Crippen molar-refractivity contribution >= 4 is 23.2 Å². The van der Waals surface area contributed by atoms with E-state index in [-0.39, 0.29) is 24.0 Å². The summed E-state index contributed by atoms with van der Waals surface area (Å²) in [5, 5.41) is 2.80. The fourth-order valence-electron chi connectivity index (χ4n) is 3.25. The van der Waals surface area contributed by atoms with Crippen LogP contribution in [0.1, 0.15) is 31.8 Å². The van der Waals surface area contributed by atoms with E-state index in [1.165, 1.54) is 0 Å². The van der Waals surface area contributed by atoms with E-state index in [1.807, 2.05) is 29.2 Å². The summed E-state index contributed by atoms with van der Waals surface area (Å²) in [7, 11) is 1.93. The van der Waals surface area contributed by atoms with Crippen molar-refractivity contribution in [2.75, 3.05) is 25.6 Å². The summed E-state index contributed by atoms with van der Waals surface area (Å²) >= 11 is 0. The van der Waals surface area contributed by atoms with Gasteiger partial charge in [-0.2, -0.15) is 0 Å². The number of benzene rings is 2. The Morgan fingerprint density at radius 1 is 0.962 bits per heavy atom. The molecule has 26 heavy (non-hydrogen) atoms. The molecule has 1 aliphatic carbocycles. The zero-order valence-corrected chi connectivity index (χ0v) is 14.2. The van der Waals surface area contributed by atoms with Gasteiger partial charge >= 0.3 is 0 Å². The summed E-state index contributed by atoms with van der Waals surface area (Å²) in [6, 6.07) is 11.6. The SMILES string of the molecule is CN1C=CN(CC(=O)Nc2ccc3c(c2)C(=O)c2ccccc2C3=O)C1. The highest BCUT2D eigenvalue weighted by Gasteiger charge is 2.29. The van der Waals surface area contributed by atoms with Crippen LogP contribution in [0.15, 0.2) is 54.9 Å². The van der Waals surface area contributed by atoms with Crippen LogP contribution in [-0.4, -0.2) is 47.5 Å². The van der Waals surface area contributed by atoms with Gasteiger partial charge in [-0.25, -0.2) is 0 Å². The lowest BCUT2D eigenvalue weighted by Crippen LogP contribution is -2.31. The number of anilines is 1. The number of rotatable bonds is 3. The molecule has 0 saturated heterocycles. The van der Waals surface area contributed by atoms with Crippen LogP contribution < -0.4 is 5.32 Å². The number of carbonyl (C=O) groups excluding carboxylic acids is 3. The van der Waals surface area contributed by atoms with Gasteiger partial charge in [-0.3, -0.25) is 14.4 Å². The molecule has 0 atom stereocenters. The van der Waals surface area contributed by atoms with Crippen molar-refractivity contribution in [3.05, 3.63) is 77.1 Å². The van der Waals surface area contributed by atoms with Crippen LogP contribution in [-0.2, 0) is 4.79 Å². The molecule has 0 saturated carbocycles. The molecule has 1 N–H and O–H groups in total. The zero-order valence-electron chi connectivity index (χ0n) is 14.2. The lowest BCUT2D eigenvalue weighted by molar-refractivity contribution is -0.116. The average Bonchev–Trinajstić information content (AvgIpc) is 3.04. The topological polar surface area (TPSA) is 69.7 Å². The molecule has 0 bridgehead atoms. The Kier molecular flexibility index (Phi) is 3.80. The maximum absolute atomic E-state index is 12.7. The van der Waals surface area contributed by atoms with Gasteiger partial charge in [0.15, 0.2) is 11.6 Å². The van der Waals surface area contributed by atoms with E-state index in [0.717, 1.165) is 0 Å². The molecule has 0 unspecified atom stereocenters. The minimum atomic E-state index is -0.199. The number of fused-ring (bicyclic) bond motifs is 2. The largest absolute Gasteiger partial charge is 0.362 e. The van der Waals surface area contributed by atoms with Crippen molar-refractivity contribution < 1.29 is 14.4 Å². The van der Waals surface area contributed by atoms with E-state index >= 15 is 0 Å². The molecule has 130 valence electrons. The fourth-order valence-corrected chi connectivity index (χ4v) is 3.25. The Hall–Kier alpha value is -3.41. The van der Waals surface area contributed by atoms with Gasteiger partial charge in [0.1, 0.15) is 0 Å². The highest BCUT2D eigenvalue weighted by molar-refractivity contribution is 6.28. The Balaban J connectivity index is 1.56. The molecule has 1 heterocycles. The summed E-state index contributed by atoms with van der Waals surface area (Å²) in [4.78, 5) is 41.4. The second kappa shape index (κ2) is 6.15. The summed E-state index contributed by atoms with van der Waals surface area (Å²) < 4.78 is 0. The predicted octanol–water partition coefficient (Wildman–Crippen LogP) is 2.08. The van der Waals surface area contributed by atoms with Crippen molar-refractivity contribution in [2.45, 2.75) is 0 Å². The van der Waals surface area contributed by atoms with Crippen LogP contribution in [0.4, 0.5) is 5.69 Å². The van der Waals surface area contributed by atoms with E-state index < -0.39 is 0 Å². The van der Waals surface area contributed by atoms with Gasteiger partial charge in [-0.05, 0) is 18.2 Å². The summed E-state index contributed by atoms with van der Waals surface area (Å²) in [5.41, 5.74) is 2.03. The number of ketones is 2. The van der Waals surface area contributed by atoms with Gasteiger partial charge < -0.3 is 15.1 Å². The third-order valence-corrected chi connectivity index (χ3v) is 4.49. The van der Waals surface area contributed by atoms with E-state index in [1.54, 1.807) is 42.5 Å². The van der Waals surface area contributed by atoms with Gasteiger partial charge in [-0.15, -0.1) is 0 Å². The minimum Gasteiger partial charge on any atom is -0.362 e. The Labute approximate surface area is 150 Å². The van der Waals surface area contributed by atoms with Gasteiger partial charge in [-0.1, -0.05) is 24.3 Å². The first-order valence-corrected chi connectivity index (χ1v) is 8.28. The maximum Gasteiger partial charge on any atom is 0.243 e. The van der Waals surface area contributed by atoms with Crippen LogP contribution in [0.2, 0.25) is 0 Å². The quantitative estimate of drug-likeness (QED) is 0.786. The Morgan fingerprint density at radius 2 is 1.62 bits per heavy atom. The zero-order chi connectivity index (χ0) is 18.3. The monoisotopic (exact) mass is 347 g/mol. The molecule has 0 radical (unpaired) electrons. The molecule has 6 nitrogen and oxygen atoms in total. The van der Waals surface area contributed by atoms with Gasteiger partial charge in [0.2, 0.25) is 5.91 Å². The molecular formula is C20H17N3O3. The second-order valence-corrected chi connectivity index (χ2v) is 6.46. The first kappa shape index (κ1) is 16.1. The first-order chi connectivity index (χ1) is 12.5. The molecule has 1 amide bonds. The lowest BCUT2D eigenvalue weighted by atomic mass is 9.84. The highest BCUT2D eigenvalue weighted by atomic mass is 16.2. The molecule has 0 spiro atoms. The number of carbonyl (C=O) groups is 3. The molecule has 6 heteroatoms. The summed E-state index contributed by atoms with van der Waals surface area (Å²) in [6.07, 6.45) is 3.75. The maximum atomic E-state index is 12.7. The van der Waals surface area contributed by atoms with Gasteiger partial charge in [0, 0.05) is 47.4 Å². The van der Waals surface area contributed by atoms with Crippen LogP contribution in [0.25, 0.3) is 0 Å². The Morgan fingerprint density at radius 3 is 2.27 bits per heavy atom. The number of hydrogen-bond donors (Lipinski definition) is 1. The number of amides is 1. The molecule has 2 aromatic carbocycles. The smallest absolute Gasteiger partial charge is 0.243 e. The van der Waals surface area contributed by atoms with Crippen LogP contribution in [0.5, 0.6) is 0 Å². The van der Waals surface area contributed by atoms with Crippen molar-refractivity contribution in [3.63, 3.8) is 0 Å². The van der Waals surface area contributed by atoms with Gasteiger partial charge in [0.25, 0.3) is 0 Å². The summed E-state index contributed by atoms with van der Waals surface area (Å²) in [5.74, 6) is -0.548. The molecule has 2 aromatic rings. The van der Waals surface area contributed by atoms with Crippen molar-refractivity contribution in [1.82, 2.24) is 9.80 Å². The van der Waals surface area contributed by atoms with Crippen molar-refractivity contribution in [1.29, 1.82) is 0 Å². The fraction of sp³-hybridized carbons (Fsp3) is 0.150. The van der Waals surface area contributed by atoms with E-state index in [9.17, 15) is 14.4 Å². The minimum absolute atomic E-state index is 0.168. The number of nitrogens with zero attached hydrogens (tertiary/aromatic N) is 2. The molecule has 0 fully saturated rings. The predicted molar refractivity (Wildman–Crippen MR) is 96.9 cm³/mol. The third-order valence-electron chi connectivity index (χ3n) is 4.49. The van der Waals surface area contributed by atoms with E-state index in [4.69, 9.17) is 0 Å². The second-order valence-electron chi connectivity index (χ2n) is 6.46. The summed E-state index contributed by atoms with van der Waals surface area (Å²) in [6.45, 7) is 0.870. The third kappa shape index (κ3) is 2.75. The van der Waals surface area contributed by atoms with Gasteiger partial charge in [0.05, 0.1) is 13.2 Å². The van der Waals surface area contributed by atoms with Crippen LogP contribution in [0, 0.1) is 0 Å². The molecule has 0 aromatic heterocycles. The first-order valence-electron chi connectivity index (χ1n) is 8.28. The van der Waals surface area contributed by atoms with Crippen LogP contribution in [0.3, 0.4) is 0 Å². The highest BCUT2D eigenvalue weighted by Crippen LogP contribution is 2.29. The molecule has 2 aliphatic rings. The van der Waals surface area contributed by atoms with E-state index in [2.05, 4.69) is 5.32 Å². The van der Waals surface area contributed by atoms with Crippen LogP contribution >= 0.6 is 0 Å². The standard InChI is InChI=1S/C20H17N3O3/c1-22-8-9-23(12-22)11-18(24)21-13-6-7-16-17(10-13)20(26)15-5-3-2-4-14(15)19(16)25/h2-10H,11-12H2,1H3,(H,21,24). The number of hydrogen-bond acceptors (Lipinski definition) is 5. The lowest BCUT2D eigenvalue weighted by Gasteiger charge is -2.19.